The average Bonchev–Trinajstić information content (AvgIpc) is 3.13. The van der Waals surface area contributed by atoms with E-state index in [1.807, 2.05) is 6.92 Å². The molecule has 0 aliphatic rings. The van der Waals surface area contributed by atoms with Crippen LogP contribution in [0, 0.1) is 0 Å². The fourth-order valence-corrected chi connectivity index (χ4v) is 1.83. The lowest BCUT2D eigenvalue weighted by Crippen LogP contribution is -2.31. The van der Waals surface area contributed by atoms with E-state index in [-0.39, 0.29) is 18.1 Å². The van der Waals surface area contributed by atoms with Gasteiger partial charge in [-0.2, -0.15) is 0 Å². The Balaban J connectivity index is 1.74. The molecule has 0 aliphatic carbocycles. The molecule has 1 aromatic heterocycles. The van der Waals surface area contributed by atoms with Crippen LogP contribution in [0.1, 0.15) is 27.8 Å². The number of benzene rings is 1. The predicted molar refractivity (Wildman–Crippen MR) is 83.9 cm³/mol. The van der Waals surface area contributed by atoms with E-state index in [1.54, 1.807) is 30.3 Å². The molecule has 2 aromatic rings. The van der Waals surface area contributed by atoms with Crippen LogP contribution < -0.4 is 10.1 Å². The summed E-state index contributed by atoms with van der Waals surface area (Å²) in [6.45, 7) is 1.65. The van der Waals surface area contributed by atoms with Gasteiger partial charge in [-0.05, 0) is 43.3 Å². The number of furan rings is 1. The Bertz CT molecular complexity index is 690. The molecule has 0 spiro atoms. The summed E-state index contributed by atoms with van der Waals surface area (Å²) in [5.41, 5.74) is 0.408. The summed E-state index contributed by atoms with van der Waals surface area (Å²) >= 11 is 0. The van der Waals surface area contributed by atoms with Crippen molar-refractivity contribution < 1.29 is 28.3 Å². The third kappa shape index (κ3) is 4.98. The molecule has 0 saturated heterocycles. The molecule has 1 aromatic carbocycles. The fraction of sp³-hybridized carbons (Fsp3) is 0.235. The summed E-state index contributed by atoms with van der Waals surface area (Å²) in [5.74, 6) is -0.840. The molecule has 126 valence electrons. The summed E-state index contributed by atoms with van der Waals surface area (Å²) in [5, 5.41) is 2.33. The molecule has 1 heterocycles. The molecule has 1 N–H and O–H groups in total. The Labute approximate surface area is 138 Å². The number of hydrogen-bond acceptors (Lipinski definition) is 6. The minimum Gasteiger partial charge on any atom is -0.494 e. The average molecular weight is 331 g/mol. The highest BCUT2D eigenvalue weighted by atomic mass is 16.5. The maximum absolute atomic E-state index is 11.9. The van der Waals surface area contributed by atoms with Gasteiger partial charge in [0, 0.05) is 5.56 Å². The van der Waals surface area contributed by atoms with E-state index in [2.05, 4.69) is 5.32 Å². The number of ketones is 1. The van der Waals surface area contributed by atoms with E-state index in [0.717, 1.165) is 0 Å². The van der Waals surface area contributed by atoms with Gasteiger partial charge in [0.1, 0.15) is 12.3 Å². The second-order valence-corrected chi connectivity index (χ2v) is 4.70. The van der Waals surface area contributed by atoms with Crippen molar-refractivity contribution in [3.05, 3.63) is 54.0 Å². The molecule has 0 unspecified atom stereocenters. The van der Waals surface area contributed by atoms with Crippen LogP contribution in [0.4, 0.5) is 0 Å². The van der Waals surface area contributed by atoms with Gasteiger partial charge in [0.05, 0.1) is 12.9 Å². The quantitative estimate of drug-likeness (QED) is 0.586. The summed E-state index contributed by atoms with van der Waals surface area (Å²) in [6, 6.07) is 9.56. The van der Waals surface area contributed by atoms with Crippen molar-refractivity contribution in [2.45, 2.75) is 6.92 Å². The van der Waals surface area contributed by atoms with Crippen molar-refractivity contribution in [2.24, 2.45) is 0 Å². The van der Waals surface area contributed by atoms with Crippen LogP contribution in [0.5, 0.6) is 5.75 Å². The van der Waals surface area contributed by atoms with Crippen molar-refractivity contribution in [3.63, 3.8) is 0 Å². The standard InChI is InChI=1S/C17H17NO6/c1-2-22-13-7-5-12(6-8-13)14(19)11-24-16(20)10-18-17(21)15-4-3-9-23-15/h3-9H,2,10-11H2,1H3,(H,18,21). The van der Waals surface area contributed by atoms with Crippen molar-refractivity contribution >= 4 is 17.7 Å². The molecule has 0 fully saturated rings. The van der Waals surface area contributed by atoms with Gasteiger partial charge in [0.15, 0.2) is 18.2 Å². The molecular formula is C17H17NO6. The van der Waals surface area contributed by atoms with Gasteiger partial charge in [-0.3, -0.25) is 14.4 Å². The van der Waals surface area contributed by atoms with E-state index in [1.165, 1.54) is 12.3 Å². The topological polar surface area (TPSA) is 94.8 Å². The van der Waals surface area contributed by atoms with Crippen molar-refractivity contribution in [1.82, 2.24) is 5.32 Å². The molecule has 1 amide bonds. The lowest BCUT2D eigenvalue weighted by molar-refractivity contribution is -0.141. The van der Waals surface area contributed by atoms with Gasteiger partial charge in [0.25, 0.3) is 5.91 Å². The van der Waals surface area contributed by atoms with Gasteiger partial charge in [-0.1, -0.05) is 0 Å². The SMILES string of the molecule is CCOc1ccc(C(=O)COC(=O)CNC(=O)c2ccco2)cc1. The molecule has 0 aliphatic heterocycles. The number of nitrogens with one attached hydrogen (secondary N) is 1. The molecule has 0 radical (unpaired) electrons. The summed E-state index contributed by atoms with van der Waals surface area (Å²) in [6.07, 6.45) is 1.35. The largest absolute Gasteiger partial charge is 0.494 e. The Morgan fingerprint density at radius 1 is 1.12 bits per heavy atom. The number of ether oxygens (including phenoxy) is 2. The molecule has 7 nitrogen and oxygen atoms in total. The molecule has 7 heteroatoms. The zero-order valence-electron chi connectivity index (χ0n) is 13.1. The number of carbonyl (C=O) groups is 3. The Morgan fingerprint density at radius 2 is 1.88 bits per heavy atom. The second-order valence-electron chi connectivity index (χ2n) is 4.70. The van der Waals surface area contributed by atoms with Gasteiger partial charge in [-0.15, -0.1) is 0 Å². The summed E-state index contributed by atoms with van der Waals surface area (Å²) < 4.78 is 15.0. The van der Waals surface area contributed by atoms with Crippen molar-refractivity contribution in [1.29, 1.82) is 0 Å². The highest BCUT2D eigenvalue weighted by Crippen LogP contribution is 2.12. The maximum Gasteiger partial charge on any atom is 0.325 e. The Morgan fingerprint density at radius 3 is 2.50 bits per heavy atom. The van der Waals surface area contributed by atoms with E-state index < -0.39 is 18.5 Å². The first-order valence-electron chi connectivity index (χ1n) is 7.33. The normalized spacial score (nSPS) is 10.0. The van der Waals surface area contributed by atoms with Gasteiger partial charge >= 0.3 is 5.97 Å². The zero-order chi connectivity index (χ0) is 17.4. The fourth-order valence-electron chi connectivity index (χ4n) is 1.83. The Kier molecular flexibility index (Phi) is 6.13. The van der Waals surface area contributed by atoms with Gasteiger partial charge < -0.3 is 19.2 Å². The molecular weight excluding hydrogens is 314 g/mol. The zero-order valence-corrected chi connectivity index (χ0v) is 13.1. The van der Waals surface area contributed by atoms with Crippen molar-refractivity contribution in [2.75, 3.05) is 19.8 Å². The monoisotopic (exact) mass is 331 g/mol. The highest BCUT2D eigenvalue weighted by Gasteiger charge is 2.13. The number of Topliss-reactive ketones (excluding diaryl/α,β-unsaturated/α-hetero) is 1. The number of esters is 1. The number of rotatable bonds is 8. The van der Waals surface area contributed by atoms with Crippen LogP contribution in [0.25, 0.3) is 0 Å². The molecule has 0 saturated carbocycles. The number of amides is 1. The van der Waals surface area contributed by atoms with E-state index in [0.29, 0.717) is 17.9 Å². The smallest absolute Gasteiger partial charge is 0.325 e. The van der Waals surface area contributed by atoms with Crippen molar-refractivity contribution in [3.8, 4) is 5.75 Å². The molecule has 0 atom stereocenters. The van der Waals surface area contributed by atoms with Crippen LogP contribution in [-0.4, -0.2) is 37.4 Å². The van der Waals surface area contributed by atoms with Crippen LogP contribution in [0.2, 0.25) is 0 Å². The second kappa shape index (κ2) is 8.52. The van der Waals surface area contributed by atoms with Gasteiger partial charge in [0.2, 0.25) is 0 Å². The van der Waals surface area contributed by atoms with E-state index in [4.69, 9.17) is 13.9 Å². The number of carbonyl (C=O) groups excluding carboxylic acids is 3. The highest BCUT2D eigenvalue weighted by molar-refractivity contribution is 5.98. The van der Waals surface area contributed by atoms with E-state index in [9.17, 15) is 14.4 Å². The maximum atomic E-state index is 11.9. The minimum absolute atomic E-state index is 0.0910. The minimum atomic E-state index is -0.714. The molecule has 0 bridgehead atoms. The number of hydrogen-bond donors (Lipinski definition) is 1. The third-order valence-electron chi connectivity index (χ3n) is 2.99. The first-order chi connectivity index (χ1) is 11.6. The van der Waals surface area contributed by atoms with Crippen LogP contribution in [0.15, 0.2) is 47.1 Å². The van der Waals surface area contributed by atoms with Crippen LogP contribution in [-0.2, 0) is 9.53 Å². The molecule has 24 heavy (non-hydrogen) atoms. The van der Waals surface area contributed by atoms with Gasteiger partial charge in [-0.25, -0.2) is 0 Å². The Hall–Kier alpha value is -3.09. The lowest BCUT2D eigenvalue weighted by Gasteiger charge is -2.06. The molecule has 2 rings (SSSR count). The first kappa shape index (κ1) is 17.3. The van der Waals surface area contributed by atoms with Crippen LogP contribution >= 0.6 is 0 Å². The first-order valence-corrected chi connectivity index (χ1v) is 7.33. The van der Waals surface area contributed by atoms with E-state index >= 15 is 0 Å². The predicted octanol–water partition coefficient (Wildman–Crippen LogP) is 1.83. The van der Waals surface area contributed by atoms with Crippen LogP contribution in [0.3, 0.4) is 0 Å². The third-order valence-corrected chi connectivity index (χ3v) is 2.99. The summed E-state index contributed by atoms with van der Waals surface area (Å²) in [4.78, 5) is 35.0. The lowest BCUT2D eigenvalue weighted by atomic mass is 10.1. The summed E-state index contributed by atoms with van der Waals surface area (Å²) in [7, 11) is 0.